The summed E-state index contributed by atoms with van der Waals surface area (Å²) < 4.78 is 35.4. The van der Waals surface area contributed by atoms with Crippen molar-refractivity contribution in [1.29, 1.82) is 0 Å². The quantitative estimate of drug-likeness (QED) is 0.533. The minimum absolute atomic E-state index is 1.37. The second kappa shape index (κ2) is 4.94. The molecule has 2 aromatic heterocycles. The normalized spacial score (nSPS) is 10.9. The molecule has 0 amide bonds. The molecular weight excluding hydrogens is 248 g/mol. The molecule has 0 radical (unpaired) electrons. The Labute approximate surface area is 90.0 Å². The molecule has 0 atom stereocenters. The minimum Gasteiger partial charge on any atom is -0.222 e. The molecule has 2 aromatic rings. The van der Waals surface area contributed by atoms with Crippen molar-refractivity contribution in [3.63, 3.8) is 0 Å². The van der Waals surface area contributed by atoms with Crippen molar-refractivity contribution in [1.82, 2.24) is 0 Å². The number of halogens is 1. The van der Waals surface area contributed by atoms with Gasteiger partial charge in [0.2, 0.25) is 16.7 Å². The van der Waals surface area contributed by atoms with Gasteiger partial charge in [-0.2, -0.15) is 0 Å². The summed E-state index contributed by atoms with van der Waals surface area (Å²) in [5.74, 6) is 0. The van der Waals surface area contributed by atoms with E-state index < -0.39 is 10.2 Å². The Morgan fingerprint density at radius 2 is 1.79 bits per heavy atom. The fourth-order valence-corrected chi connectivity index (χ4v) is 2.35. The van der Waals surface area contributed by atoms with Gasteiger partial charge in [0.15, 0.2) is 5.38 Å². The van der Waals surface area contributed by atoms with Crippen molar-refractivity contribution in [2.75, 3.05) is 0 Å². The van der Waals surface area contributed by atoms with E-state index in [4.69, 9.17) is 18.6 Å². The van der Waals surface area contributed by atoms with Gasteiger partial charge < -0.3 is 0 Å². The Hall–Kier alpha value is -0.340. The van der Waals surface area contributed by atoms with E-state index in [1.165, 1.54) is 10.1 Å². The minimum atomic E-state index is -4.94. The van der Waals surface area contributed by atoms with Crippen LogP contribution >= 0.6 is 22.7 Å². The molecule has 7 heteroatoms. The Morgan fingerprint density at radius 1 is 1.14 bits per heavy atom. The highest BCUT2D eigenvalue weighted by Crippen LogP contribution is 2.20. The van der Waals surface area contributed by atoms with Crippen molar-refractivity contribution in [3.05, 3.63) is 28.3 Å². The zero-order valence-electron chi connectivity index (χ0n) is 6.71. The molecule has 0 aliphatic heterocycles. The van der Waals surface area contributed by atoms with E-state index in [0.29, 0.717) is 0 Å². The van der Waals surface area contributed by atoms with Gasteiger partial charge in [-0.3, -0.25) is 0 Å². The van der Waals surface area contributed by atoms with Crippen LogP contribution in [0.4, 0.5) is 0 Å². The zero-order chi connectivity index (χ0) is 10.6. The lowest BCUT2D eigenvalue weighted by Gasteiger charge is -2.17. The average molecular weight is 253 g/mol. The van der Waals surface area contributed by atoms with Crippen molar-refractivity contribution < 1.29 is 28.9 Å². The first kappa shape index (κ1) is 11.7. The van der Waals surface area contributed by atoms with Crippen molar-refractivity contribution in [2.24, 2.45) is 0 Å². The number of thiophene rings is 1. The molecule has 0 aliphatic carbocycles. The second-order valence-corrected chi connectivity index (χ2v) is 4.66. The molecule has 2 rings (SSSR count). The first-order chi connectivity index (χ1) is 6.47. The van der Waals surface area contributed by atoms with Gasteiger partial charge >= 0.3 is 0 Å². The van der Waals surface area contributed by atoms with E-state index in [2.05, 4.69) is 28.3 Å². The summed E-state index contributed by atoms with van der Waals surface area (Å²) in [5, 5.41) is 7.77. The zero-order valence-corrected chi connectivity index (χ0v) is 9.10. The smallest absolute Gasteiger partial charge is 0.212 e. The van der Waals surface area contributed by atoms with Gasteiger partial charge in [-0.1, -0.05) is 0 Å². The molecule has 0 N–H and O–H groups in total. The van der Waals surface area contributed by atoms with Gasteiger partial charge in [0.05, 0.1) is 5.39 Å². The lowest BCUT2D eigenvalue weighted by molar-refractivity contribution is -2.00. The monoisotopic (exact) mass is 252 g/mol. The highest BCUT2D eigenvalue weighted by atomic mass is 35.7. The largest absolute Gasteiger partial charge is 0.222 e. The van der Waals surface area contributed by atoms with Gasteiger partial charge in [-0.05, 0) is 11.4 Å². The van der Waals surface area contributed by atoms with E-state index in [-0.39, 0.29) is 0 Å². The van der Waals surface area contributed by atoms with Crippen molar-refractivity contribution in [2.45, 2.75) is 0 Å². The lowest BCUT2D eigenvalue weighted by atomic mass is 10.4. The number of hydrogen-bond acceptors (Lipinski definition) is 5. The average Bonchev–Trinajstić information content (AvgIpc) is 2.47. The molecule has 0 aliphatic rings. The number of fused-ring (bicyclic) bond motifs is 1. The third kappa shape index (κ3) is 4.77. The van der Waals surface area contributed by atoms with E-state index in [9.17, 15) is 0 Å². The van der Waals surface area contributed by atoms with Crippen LogP contribution in [0, 0.1) is 10.2 Å². The van der Waals surface area contributed by atoms with E-state index in [0.717, 1.165) is 0 Å². The van der Waals surface area contributed by atoms with Crippen LogP contribution in [0.3, 0.4) is 0 Å². The summed E-state index contributed by atoms with van der Waals surface area (Å²) >= 11 is 3.54. The standard InChI is InChI=1S/C7H5S2.ClHO4/c1-4-9-7-2-3-8-5-6(1)7;2-1(3,4)5/h1-5H;(H,2,3,4,5)/q+1;/p-1. The van der Waals surface area contributed by atoms with Crippen molar-refractivity contribution in [3.8, 4) is 0 Å². The Bertz CT molecular complexity index is 361. The molecule has 0 bridgehead atoms. The molecule has 0 aromatic carbocycles. The maximum absolute atomic E-state index is 8.49. The molecule has 0 saturated heterocycles. The Morgan fingerprint density at radius 3 is 2.36 bits per heavy atom. The summed E-state index contributed by atoms with van der Waals surface area (Å²) in [4.78, 5) is 0. The maximum Gasteiger partial charge on any atom is 0.212 e. The van der Waals surface area contributed by atoms with Crippen LogP contribution in [0.2, 0.25) is 0 Å². The third-order valence-corrected chi connectivity index (χ3v) is 2.80. The molecule has 4 nitrogen and oxygen atoms in total. The van der Waals surface area contributed by atoms with Crippen LogP contribution in [0.5, 0.6) is 0 Å². The molecule has 0 unspecified atom stereocenters. The molecule has 0 saturated carbocycles. The molecule has 2 heterocycles. The van der Waals surface area contributed by atoms with Crippen LogP contribution in [0.1, 0.15) is 0 Å². The summed E-state index contributed by atoms with van der Waals surface area (Å²) in [6.45, 7) is 0. The SMILES string of the molecule is [O-][Cl+3]([O-])([O-])[O-].c1cc2c[s+]ccc2s1. The van der Waals surface area contributed by atoms with Gasteiger partial charge in [0, 0.05) is 10.8 Å². The summed E-state index contributed by atoms with van der Waals surface area (Å²) in [6, 6.07) is 4.31. The lowest BCUT2D eigenvalue weighted by Crippen LogP contribution is -2.68. The first-order valence-electron chi connectivity index (χ1n) is 3.31. The predicted octanol–water partition coefficient (Wildman–Crippen LogP) is -1.51. The fraction of sp³-hybridized carbons (Fsp3) is 0. The van der Waals surface area contributed by atoms with Crippen LogP contribution in [0.15, 0.2) is 28.3 Å². The summed E-state index contributed by atoms with van der Waals surface area (Å²) in [5.41, 5.74) is 0. The molecular formula is C7H5ClO4S2. The highest BCUT2D eigenvalue weighted by molar-refractivity contribution is 7.18. The van der Waals surface area contributed by atoms with Crippen LogP contribution in [-0.2, 0) is 0 Å². The number of rotatable bonds is 0. The Kier molecular flexibility index (Phi) is 4.14. The van der Waals surface area contributed by atoms with Crippen LogP contribution in [0.25, 0.3) is 10.1 Å². The second-order valence-electron chi connectivity index (χ2n) is 2.17. The van der Waals surface area contributed by atoms with Gasteiger partial charge in [-0.25, -0.2) is 18.6 Å². The van der Waals surface area contributed by atoms with E-state index in [1.54, 1.807) is 22.7 Å². The predicted molar refractivity (Wildman–Crippen MR) is 44.1 cm³/mol. The fourth-order valence-electron chi connectivity index (χ4n) is 0.777. The highest BCUT2D eigenvalue weighted by Gasteiger charge is 1.96. The van der Waals surface area contributed by atoms with Gasteiger partial charge in [0.1, 0.15) is 0 Å². The van der Waals surface area contributed by atoms with E-state index in [1.807, 2.05) is 0 Å². The topological polar surface area (TPSA) is 92.2 Å². The van der Waals surface area contributed by atoms with Crippen LogP contribution < -0.4 is 18.6 Å². The van der Waals surface area contributed by atoms with Crippen LogP contribution in [-0.4, -0.2) is 0 Å². The molecule has 76 valence electrons. The third-order valence-electron chi connectivity index (χ3n) is 1.22. The Balaban J connectivity index is 0.000000171. The van der Waals surface area contributed by atoms with Crippen molar-refractivity contribution >= 4 is 32.8 Å². The summed E-state index contributed by atoms with van der Waals surface area (Å²) in [7, 11) is -4.94. The molecule has 14 heavy (non-hydrogen) atoms. The van der Waals surface area contributed by atoms with Gasteiger partial charge in [-0.15, -0.1) is 21.6 Å². The van der Waals surface area contributed by atoms with E-state index >= 15 is 0 Å². The number of hydrogen-bond donors (Lipinski definition) is 0. The maximum atomic E-state index is 8.49. The molecule has 0 fully saturated rings. The summed E-state index contributed by atoms with van der Waals surface area (Å²) in [6.07, 6.45) is 0. The first-order valence-corrected chi connectivity index (χ1v) is 6.37. The molecule has 0 spiro atoms. The van der Waals surface area contributed by atoms with Gasteiger partial charge in [0.25, 0.3) is 0 Å².